The number of halogens is 1. The molecule has 0 bridgehead atoms. The summed E-state index contributed by atoms with van der Waals surface area (Å²) in [6.45, 7) is 8.80. The van der Waals surface area contributed by atoms with Crippen LogP contribution >= 0.6 is 23.4 Å². The van der Waals surface area contributed by atoms with E-state index in [1.165, 1.54) is 0 Å². The van der Waals surface area contributed by atoms with Crippen LogP contribution in [0.3, 0.4) is 0 Å². The van der Waals surface area contributed by atoms with Crippen LogP contribution in [0.1, 0.15) is 34.1 Å². The predicted molar refractivity (Wildman–Crippen MR) is 121 cm³/mol. The minimum absolute atomic E-state index is 0.00213. The summed E-state index contributed by atoms with van der Waals surface area (Å²) in [7, 11) is 0. The van der Waals surface area contributed by atoms with Crippen LogP contribution < -0.4 is 10.1 Å². The first-order valence-electron chi connectivity index (χ1n) is 10.2. The second-order valence-corrected chi connectivity index (χ2v) is 8.53. The molecular weight excluding hydrogens is 426 g/mol. The highest BCUT2D eigenvalue weighted by molar-refractivity contribution is 7.99. The maximum absolute atomic E-state index is 12.8. The first-order chi connectivity index (χ1) is 14.3. The number of carbonyl (C=O) groups excluding carboxylic acids is 3. The molecule has 9 heteroatoms. The highest BCUT2D eigenvalue weighted by atomic mass is 35.5. The Balaban J connectivity index is 1.99. The van der Waals surface area contributed by atoms with Crippen molar-refractivity contribution in [2.75, 3.05) is 36.6 Å². The van der Waals surface area contributed by atoms with Crippen LogP contribution in [0.2, 0.25) is 5.02 Å². The Hall–Kier alpha value is -1.93. The minimum atomic E-state index is -0.502. The molecule has 1 N–H and O–H groups in total. The summed E-state index contributed by atoms with van der Waals surface area (Å²) in [6, 6.07) is 4.38. The number of likely N-dealkylation sites (N-methyl/N-ethyl adjacent to an activating group) is 1. The van der Waals surface area contributed by atoms with Gasteiger partial charge < -0.3 is 19.9 Å². The predicted octanol–water partition coefficient (Wildman–Crippen LogP) is 3.47. The van der Waals surface area contributed by atoms with Crippen LogP contribution in [-0.4, -0.2) is 64.9 Å². The van der Waals surface area contributed by atoms with Gasteiger partial charge in [0.2, 0.25) is 11.8 Å². The molecule has 30 heavy (non-hydrogen) atoms. The van der Waals surface area contributed by atoms with E-state index < -0.39 is 6.04 Å². The number of benzene rings is 1. The monoisotopic (exact) mass is 455 g/mol. The van der Waals surface area contributed by atoms with Crippen LogP contribution in [0.4, 0.5) is 5.69 Å². The normalized spacial score (nSPS) is 16.8. The molecule has 2 atom stereocenters. The Kier molecular flexibility index (Phi) is 9.30. The fraction of sp³-hybridized carbons (Fsp3) is 0.571. The standard InChI is InChI=1S/C21H30ClN3O4S/c1-5-14(4)21(28)25-13-30-12-17(25)20(27)23-15-8-9-18(16(22)10-15)29-11-19(26)24(6-2)7-3/h8-10,14,17H,5-7,11-13H2,1-4H3,(H,23,27). The van der Waals surface area contributed by atoms with Crippen LogP contribution in [0.5, 0.6) is 5.75 Å². The lowest BCUT2D eigenvalue weighted by atomic mass is 10.1. The quantitative estimate of drug-likeness (QED) is 0.616. The molecule has 2 rings (SSSR count). The van der Waals surface area contributed by atoms with Crippen LogP contribution in [0.25, 0.3) is 0 Å². The van der Waals surface area contributed by atoms with Crippen LogP contribution in [0, 0.1) is 5.92 Å². The summed E-state index contributed by atoms with van der Waals surface area (Å²) in [5.41, 5.74) is 0.514. The number of hydrogen-bond donors (Lipinski definition) is 1. The third kappa shape index (κ3) is 6.04. The van der Waals surface area contributed by atoms with Gasteiger partial charge in [0.15, 0.2) is 6.61 Å². The third-order valence-electron chi connectivity index (χ3n) is 5.17. The second-order valence-electron chi connectivity index (χ2n) is 7.12. The van der Waals surface area contributed by atoms with E-state index in [1.807, 2.05) is 27.7 Å². The van der Waals surface area contributed by atoms with Crippen molar-refractivity contribution in [3.8, 4) is 5.75 Å². The zero-order valence-corrected chi connectivity index (χ0v) is 19.5. The largest absolute Gasteiger partial charge is 0.482 e. The Morgan fingerprint density at radius 3 is 2.60 bits per heavy atom. The van der Waals surface area contributed by atoms with E-state index in [0.29, 0.717) is 41.2 Å². The van der Waals surface area contributed by atoms with E-state index in [-0.39, 0.29) is 30.2 Å². The molecule has 2 unspecified atom stereocenters. The van der Waals surface area contributed by atoms with Gasteiger partial charge in [0.1, 0.15) is 11.8 Å². The van der Waals surface area contributed by atoms with E-state index in [9.17, 15) is 14.4 Å². The van der Waals surface area contributed by atoms with Gasteiger partial charge in [-0.05, 0) is 38.5 Å². The third-order valence-corrected chi connectivity index (χ3v) is 6.48. The van der Waals surface area contributed by atoms with Gasteiger partial charge in [0.05, 0.1) is 10.9 Å². The van der Waals surface area contributed by atoms with Crippen molar-refractivity contribution < 1.29 is 19.1 Å². The average Bonchev–Trinajstić information content (AvgIpc) is 3.23. The number of hydrogen-bond acceptors (Lipinski definition) is 5. The lowest BCUT2D eigenvalue weighted by Gasteiger charge is -2.25. The minimum Gasteiger partial charge on any atom is -0.482 e. The number of nitrogens with zero attached hydrogens (tertiary/aromatic N) is 2. The molecule has 1 fully saturated rings. The summed E-state index contributed by atoms with van der Waals surface area (Å²) in [4.78, 5) is 40.7. The van der Waals surface area contributed by atoms with E-state index in [4.69, 9.17) is 16.3 Å². The van der Waals surface area contributed by atoms with Crippen molar-refractivity contribution >= 4 is 46.8 Å². The molecule has 7 nitrogen and oxygen atoms in total. The fourth-order valence-electron chi connectivity index (χ4n) is 3.06. The zero-order valence-electron chi connectivity index (χ0n) is 17.9. The molecule has 0 radical (unpaired) electrons. The summed E-state index contributed by atoms with van der Waals surface area (Å²) >= 11 is 7.84. The van der Waals surface area contributed by atoms with Gasteiger partial charge in [-0.15, -0.1) is 11.8 Å². The van der Waals surface area contributed by atoms with Gasteiger partial charge in [0.25, 0.3) is 5.91 Å². The average molecular weight is 456 g/mol. The molecule has 1 saturated heterocycles. The number of rotatable bonds is 9. The van der Waals surface area contributed by atoms with Gasteiger partial charge in [-0.2, -0.15) is 0 Å². The molecule has 1 aromatic rings. The number of carbonyl (C=O) groups is 3. The summed E-state index contributed by atoms with van der Waals surface area (Å²) < 4.78 is 5.54. The smallest absolute Gasteiger partial charge is 0.260 e. The van der Waals surface area contributed by atoms with Gasteiger partial charge in [-0.1, -0.05) is 25.4 Å². The number of nitrogens with one attached hydrogen (secondary N) is 1. The van der Waals surface area contributed by atoms with Crippen molar-refractivity contribution in [3.63, 3.8) is 0 Å². The van der Waals surface area contributed by atoms with E-state index >= 15 is 0 Å². The molecule has 1 aromatic carbocycles. The lowest BCUT2D eigenvalue weighted by molar-refractivity contribution is -0.139. The first kappa shape index (κ1) is 24.3. The van der Waals surface area contributed by atoms with Crippen molar-refractivity contribution in [1.29, 1.82) is 0 Å². The van der Waals surface area contributed by atoms with Gasteiger partial charge >= 0.3 is 0 Å². The molecule has 0 spiro atoms. The van der Waals surface area contributed by atoms with Crippen LogP contribution in [-0.2, 0) is 14.4 Å². The van der Waals surface area contributed by atoms with Crippen molar-refractivity contribution in [1.82, 2.24) is 9.80 Å². The number of amides is 3. The van der Waals surface area contributed by atoms with Crippen molar-refractivity contribution in [3.05, 3.63) is 23.2 Å². The summed E-state index contributed by atoms with van der Waals surface area (Å²) in [5.74, 6) is 1.01. The molecule has 166 valence electrons. The van der Waals surface area contributed by atoms with Crippen molar-refractivity contribution in [2.45, 2.75) is 40.2 Å². The number of anilines is 1. The molecule has 1 heterocycles. The van der Waals surface area contributed by atoms with Gasteiger partial charge in [-0.3, -0.25) is 14.4 Å². The molecule has 0 aromatic heterocycles. The molecule has 0 saturated carbocycles. The summed E-state index contributed by atoms with van der Waals surface area (Å²) in [5, 5.41) is 3.13. The lowest BCUT2D eigenvalue weighted by Crippen LogP contribution is -2.46. The maximum atomic E-state index is 12.8. The topological polar surface area (TPSA) is 79.0 Å². The Bertz CT molecular complexity index is 773. The Morgan fingerprint density at radius 1 is 1.30 bits per heavy atom. The van der Waals surface area contributed by atoms with Crippen LogP contribution in [0.15, 0.2) is 18.2 Å². The van der Waals surface area contributed by atoms with E-state index in [0.717, 1.165) is 6.42 Å². The number of ether oxygens (including phenoxy) is 1. The van der Waals surface area contributed by atoms with Gasteiger partial charge in [0, 0.05) is 30.4 Å². The Labute approximate surface area is 187 Å². The molecule has 3 amide bonds. The highest BCUT2D eigenvalue weighted by Crippen LogP contribution is 2.29. The molecule has 1 aliphatic heterocycles. The molecule has 1 aliphatic rings. The van der Waals surface area contributed by atoms with Gasteiger partial charge in [-0.25, -0.2) is 0 Å². The van der Waals surface area contributed by atoms with E-state index in [2.05, 4.69) is 5.32 Å². The summed E-state index contributed by atoms with van der Waals surface area (Å²) in [6.07, 6.45) is 0.738. The molecule has 0 aliphatic carbocycles. The number of thioether (sulfide) groups is 1. The SMILES string of the molecule is CCC(C)C(=O)N1CSCC1C(=O)Nc1ccc(OCC(=O)N(CC)CC)c(Cl)c1. The Morgan fingerprint density at radius 2 is 2.00 bits per heavy atom. The fourth-order valence-corrected chi connectivity index (χ4v) is 4.46. The van der Waals surface area contributed by atoms with Crippen molar-refractivity contribution in [2.24, 2.45) is 5.92 Å². The van der Waals surface area contributed by atoms with E-state index in [1.54, 1.807) is 39.8 Å². The molecular formula is C21H30ClN3O4S. The maximum Gasteiger partial charge on any atom is 0.260 e. The highest BCUT2D eigenvalue weighted by Gasteiger charge is 2.36. The zero-order chi connectivity index (χ0) is 22.3. The second kappa shape index (κ2) is 11.5. The first-order valence-corrected chi connectivity index (χ1v) is 11.7.